The second-order valence-electron chi connectivity index (χ2n) is 5.81. The van der Waals surface area contributed by atoms with E-state index in [1.807, 2.05) is 36.4 Å². The number of aromatic nitrogens is 1. The van der Waals surface area contributed by atoms with Crippen molar-refractivity contribution in [2.24, 2.45) is 0 Å². The molecule has 0 unspecified atom stereocenters. The van der Waals surface area contributed by atoms with Gasteiger partial charge in [-0.3, -0.25) is 9.78 Å². The van der Waals surface area contributed by atoms with Crippen LogP contribution in [0.5, 0.6) is 5.75 Å². The number of rotatable bonds is 7. The van der Waals surface area contributed by atoms with Crippen LogP contribution in [-0.2, 0) is 6.42 Å². The highest BCUT2D eigenvalue weighted by atomic mass is 16.5. The molecule has 4 heteroatoms. The third kappa shape index (κ3) is 4.80. The Morgan fingerprint density at radius 2 is 1.62 bits per heavy atom. The Morgan fingerprint density at radius 1 is 0.962 bits per heavy atom. The average molecular weight is 344 g/mol. The predicted octanol–water partition coefficient (Wildman–Crippen LogP) is 4.49. The van der Waals surface area contributed by atoms with E-state index in [9.17, 15) is 4.79 Å². The SMILES string of the molecule is C=CCOc1ccc(C(=O)Nc2ccc(Cc3ccncc3)cc2)cc1. The van der Waals surface area contributed by atoms with Crippen LogP contribution in [0.2, 0.25) is 0 Å². The van der Waals surface area contributed by atoms with Crippen molar-refractivity contribution in [2.75, 3.05) is 11.9 Å². The van der Waals surface area contributed by atoms with Crippen LogP contribution < -0.4 is 10.1 Å². The zero-order chi connectivity index (χ0) is 18.2. The number of carbonyl (C=O) groups is 1. The number of carbonyl (C=O) groups excluding carboxylic acids is 1. The van der Waals surface area contributed by atoms with E-state index >= 15 is 0 Å². The Morgan fingerprint density at radius 3 is 2.27 bits per heavy atom. The minimum Gasteiger partial charge on any atom is -0.490 e. The molecule has 4 nitrogen and oxygen atoms in total. The van der Waals surface area contributed by atoms with E-state index in [0.717, 1.165) is 12.1 Å². The molecule has 26 heavy (non-hydrogen) atoms. The van der Waals surface area contributed by atoms with Gasteiger partial charge in [0.1, 0.15) is 12.4 Å². The molecule has 130 valence electrons. The molecule has 0 aliphatic carbocycles. The van der Waals surface area contributed by atoms with Crippen molar-refractivity contribution in [3.05, 3.63) is 102 Å². The van der Waals surface area contributed by atoms with E-state index in [0.29, 0.717) is 17.9 Å². The highest BCUT2D eigenvalue weighted by Gasteiger charge is 2.06. The van der Waals surface area contributed by atoms with Gasteiger partial charge in [-0.1, -0.05) is 24.8 Å². The second-order valence-corrected chi connectivity index (χ2v) is 5.81. The summed E-state index contributed by atoms with van der Waals surface area (Å²) in [4.78, 5) is 16.4. The van der Waals surface area contributed by atoms with Crippen LogP contribution in [-0.4, -0.2) is 17.5 Å². The number of pyridine rings is 1. The Bertz CT molecular complexity index is 857. The van der Waals surface area contributed by atoms with Gasteiger partial charge in [-0.25, -0.2) is 0 Å². The van der Waals surface area contributed by atoms with Gasteiger partial charge in [0, 0.05) is 23.6 Å². The molecule has 0 aliphatic rings. The van der Waals surface area contributed by atoms with Gasteiger partial charge in [-0.15, -0.1) is 0 Å². The summed E-state index contributed by atoms with van der Waals surface area (Å²) in [6.07, 6.45) is 6.09. The lowest BCUT2D eigenvalue weighted by molar-refractivity contribution is 0.102. The van der Waals surface area contributed by atoms with Crippen LogP contribution in [0.25, 0.3) is 0 Å². The van der Waals surface area contributed by atoms with E-state index in [4.69, 9.17) is 4.74 Å². The lowest BCUT2D eigenvalue weighted by atomic mass is 10.1. The zero-order valence-corrected chi connectivity index (χ0v) is 14.4. The van der Waals surface area contributed by atoms with Gasteiger partial charge in [0.05, 0.1) is 0 Å². The first-order valence-electron chi connectivity index (χ1n) is 8.37. The first kappa shape index (κ1) is 17.4. The van der Waals surface area contributed by atoms with Crippen molar-refractivity contribution < 1.29 is 9.53 Å². The highest BCUT2D eigenvalue weighted by molar-refractivity contribution is 6.04. The summed E-state index contributed by atoms with van der Waals surface area (Å²) >= 11 is 0. The molecular weight excluding hydrogens is 324 g/mol. The van der Waals surface area contributed by atoms with Crippen LogP contribution >= 0.6 is 0 Å². The Labute approximate surface area is 153 Å². The lowest BCUT2D eigenvalue weighted by Gasteiger charge is -2.08. The van der Waals surface area contributed by atoms with Crippen LogP contribution in [0.4, 0.5) is 5.69 Å². The zero-order valence-electron chi connectivity index (χ0n) is 14.4. The summed E-state index contributed by atoms with van der Waals surface area (Å²) in [6.45, 7) is 4.05. The molecule has 0 spiro atoms. The third-order valence-electron chi connectivity index (χ3n) is 3.85. The molecule has 0 atom stereocenters. The molecule has 1 amide bonds. The minimum atomic E-state index is -0.151. The second kappa shape index (κ2) is 8.62. The van der Waals surface area contributed by atoms with Crippen LogP contribution in [0, 0.1) is 0 Å². The number of ether oxygens (including phenoxy) is 1. The van der Waals surface area contributed by atoms with E-state index in [-0.39, 0.29) is 5.91 Å². The first-order valence-corrected chi connectivity index (χ1v) is 8.37. The van der Waals surface area contributed by atoms with Crippen molar-refractivity contribution in [2.45, 2.75) is 6.42 Å². The molecule has 1 heterocycles. The number of nitrogens with zero attached hydrogens (tertiary/aromatic N) is 1. The van der Waals surface area contributed by atoms with E-state index in [1.54, 1.807) is 42.7 Å². The topological polar surface area (TPSA) is 51.2 Å². The molecule has 0 saturated carbocycles. The van der Waals surface area contributed by atoms with Gasteiger partial charge in [0.15, 0.2) is 0 Å². The average Bonchev–Trinajstić information content (AvgIpc) is 2.69. The maximum Gasteiger partial charge on any atom is 0.255 e. The molecule has 0 saturated heterocycles. The summed E-state index contributed by atoms with van der Waals surface area (Å²) in [6, 6.07) is 18.9. The Kier molecular flexibility index (Phi) is 5.78. The first-order chi connectivity index (χ1) is 12.7. The maximum absolute atomic E-state index is 12.3. The monoisotopic (exact) mass is 344 g/mol. The van der Waals surface area contributed by atoms with Crippen molar-refractivity contribution in [1.82, 2.24) is 4.98 Å². The van der Waals surface area contributed by atoms with Crippen molar-refractivity contribution in [3.8, 4) is 5.75 Å². The number of anilines is 1. The highest BCUT2D eigenvalue weighted by Crippen LogP contribution is 2.16. The molecule has 0 bridgehead atoms. The van der Waals surface area contributed by atoms with E-state index in [2.05, 4.69) is 16.9 Å². The number of hydrogen-bond donors (Lipinski definition) is 1. The summed E-state index contributed by atoms with van der Waals surface area (Å²) in [5.74, 6) is 0.559. The van der Waals surface area contributed by atoms with Gasteiger partial charge in [0.2, 0.25) is 0 Å². The van der Waals surface area contributed by atoms with Crippen molar-refractivity contribution in [3.63, 3.8) is 0 Å². The van der Waals surface area contributed by atoms with Crippen LogP contribution in [0.15, 0.2) is 85.7 Å². The molecule has 0 aliphatic heterocycles. The number of hydrogen-bond acceptors (Lipinski definition) is 3. The fraction of sp³-hybridized carbons (Fsp3) is 0.0909. The van der Waals surface area contributed by atoms with Gasteiger partial charge >= 0.3 is 0 Å². The third-order valence-corrected chi connectivity index (χ3v) is 3.85. The van der Waals surface area contributed by atoms with Gasteiger partial charge in [-0.2, -0.15) is 0 Å². The number of amides is 1. The predicted molar refractivity (Wildman–Crippen MR) is 104 cm³/mol. The largest absolute Gasteiger partial charge is 0.490 e. The van der Waals surface area contributed by atoms with E-state index < -0.39 is 0 Å². The normalized spacial score (nSPS) is 10.2. The smallest absolute Gasteiger partial charge is 0.255 e. The maximum atomic E-state index is 12.3. The number of benzene rings is 2. The van der Waals surface area contributed by atoms with Gasteiger partial charge in [0.25, 0.3) is 5.91 Å². The summed E-state index contributed by atoms with van der Waals surface area (Å²) < 4.78 is 5.42. The number of nitrogens with one attached hydrogen (secondary N) is 1. The fourth-order valence-corrected chi connectivity index (χ4v) is 2.50. The Balaban J connectivity index is 1.59. The summed E-state index contributed by atoms with van der Waals surface area (Å²) in [7, 11) is 0. The van der Waals surface area contributed by atoms with E-state index in [1.165, 1.54) is 11.1 Å². The molecule has 2 aromatic carbocycles. The van der Waals surface area contributed by atoms with Crippen molar-refractivity contribution >= 4 is 11.6 Å². The summed E-state index contributed by atoms with van der Waals surface area (Å²) in [5.41, 5.74) is 3.73. The standard InChI is InChI=1S/C22H20N2O2/c1-2-15-26-21-9-5-19(6-10-21)22(25)24-20-7-3-17(4-8-20)16-18-11-13-23-14-12-18/h2-14H,1,15-16H2,(H,24,25). The molecule has 0 radical (unpaired) electrons. The quantitative estimate of drug-likeness (QED) is 0.643. The molecule has 1 N–H and O–H groups in total. The molecular formula is C22H20N2O2. The fourth-order valence-electron chi connectivity index (χ4n) is 2.50. The van der Waals surface area contributed by atoms with Crippen molar-refractivity contribution in [1.29, 1.82) is 0 Å². The Hall–Kier alpha value is -3.40. The van der Waals surface area contributed by atoms with Crippen LogP contribution in [0.3, 0.4) is 0 Å². The van der Waals surface area contributed by atoms with Gasteiger partial charge < -0.3 is 10.1 Å². The van der Waals surface area contributed by atoms with Crippen LogP contribution in [0.1, 0.15) is 21.5 Å². The lowest BCUT2D eigenvalue weighted by Crippen LogP contribution is -2.11. The van der Waals surface area contributed by atoms with Gasteiger partial charge in [-0.05, 0) is 66.1 Å². The molecule has 1 aromatic heterocycles. The molecule has 3 rings (SSSR count). The summed E-state index contributed by atoms with van der Waals surface area (Å²) in [5, 5.41) is 2.91. The molecule has 3 aromatic rings. The molecule has 0 fully saturated rings. The minimum absolute atomic E-state index is 0.151.